The van der Waals surface area contributed by atoms with Crippen molar-refractivity contribution in [1.82, 2.24) is 0 Å². The van der Waals surface area contributed by atoms with Crippen molar-refractivity contribution < 1.29 is 98.8 Å². The van der Waals surface area contributed by atoms with Crippen LogP contribution in [0.15, 0.2) is 0 Å². The monoisotopic (exact) mass is 790 g/mol. The minimum atomic E-state index is -1.30. The number of carboxylic acid groups (broad SMARTS) is 2. The van der Waals surface area contributed by atoms with Crippen LogP contribution >= 0.6 is 0 Å². The van der Waals surface area contributed by atoms with Gasteiger partial charge >= 0.3 is 35.8 Å². The van der Waals surface area contributed by atoms with Gasteiger partial charge in [-0.25, -0.2) is 0 Å². The van der Waals surface area contributed by atoms with Crippen LogP contribution in [0.25, 0.3) is 0 Å². The number of hydrogen-bond acceptors (Lipinski definition) is 18. The van der Waals surface area contributed by atoms with Crippen LogP contribution in [0.4, 0.5) is 0 Å². The van der Waals surface area contributed by atoms with Gasteiger partial charge in [0.05, 0.1) is 25.7 Å². The average Bonchev–Trinajstić information content (AvgIpc) is 3.11. The van der Waals surface area contributed by atoms with Crippen LogP contribution in [0.1, 0.15) is 128 Å². The number of hydrogen-bond donors (Lipinski definition) is 10. The zero-order valence-corrected chi connectivity index (χ0v) is 30.8. The van der Waals surface area contributed by atoms with Gasteiger partial charge in [-0.05, 0) is 38.5 Å². The number of carbonyl (C=O) groups is 6. The maximum absolute atomic E-state index is 11.2. The number of rotatable bonds is 31. The summed E-state index contributed by atoms with van der Waals surface area (Å²) in [5, 5.41) is 87.7. The van der Waals surface area contributed by atoms with E-state index in [1.54, 1.807) is 0 Å². The van der Waals surface area contributed by atoms with E-state index in [9.17, 15) is 49.2 Å². The van der Waals surface area contributed by atoms with Gasteiger partial charge in [-0.1, -0.05) is 25.7 Å². The first-order chi connectivity index (χ1) is 25.6. The summed E-state index contributed by atoms with van der Waals surface area (Å²) in [6.45, 7) is -0.474. The van der Waals surface area contributed by atoms with Crippen molar-refractivity contribution >= 4 is 35.8 Å². The molecule has 0 fully saturated rings. The molecule has 4 unspecified atom stereocenters. The molecule has 318 valence electrons. The molecule has 0 aromatic carbocycles. The minimum Gasteiger partial charge on any atom is -0.481 e. The summed E-state index contributed by atoms with van der Waals surface area (Å²) in [5.74, 6) is -4.55. The summed E-state index contributed by atoms with van der Waals surface area (Å²) in [5.41, 5.74) is 0. The van der Waals surface area contributed by atoms with E-state index < -0.39 is 61.0 Å². The van der Waals surface area contributed by atoms with Gasteiger partial charge in [0.1, 0.15) is 0 Å². The standard InChI is InChI=1S/2C12H22O8.C10H18O4/c2*13-7-1-3-9(15)19-11(17)5-6-12(18)20-10(16)4-2-8-14;11-9(12)7-5-3-1-2-4-6-8-10(13)14/h2*9-10,13-16H,1-8H2;1-8H2,(H,11,12)(H,13,14). The van der Waals surface area contributed by atoms with Crippen molar-refractivity contribution in [3.8, 4) is 0 Å². The number of aliphatic hydroxyl groups is 8. The van der Waals surface area contributed by atoms with Crippen LogP contribution in [-0.4, -0.2) is 138 Å². The molecule has 0 amide bonds. The van der Waals surface area contributed by atoms with E-state index in [4.69, 9.17) is 30.6 Å². The molecule has 54 heavy (non-hydrogen) atoms. The molecule has 0 aromatic heterocycles. The lowest BCUT2D eigenvalue weighted by atomic mass is 10.1. The maximum Gasteiger partial charge on any atom is 0.308 e. The maximum atomic E-state index is 11.2. The third kappa shape index (κ3) is 44.7. The van der Waals surface area contributed by atoms with Crippen molar-refractivity contribution in [2.45, 2.75) is 154 Å². The van der Waals surface area contributed by atoms with Crippen LogP contribution in [0.5, 0.6) is 0 Å². The highest BCUT2D eigenvalue weighted by molar-refractivity contribution is 5.78. The van der Waals surface area contributed by atoms with E-state index in [0.29, 0.717) is 25.7 Å². The van der Waals surface area contributed by atoms with E-state index in [-0.39, 0.29) is 90.6 Å². The first kappa shape index (κ1) is 54.8. The van der Waals surface area contributed by atoms with E-state index in [1.807, 2.05) is 0 Å². The van der Waals surface area contributed by atoms with Crippen molar-refractivity contribution in [2.24, 2.45) is 0 Å². The largest absolute Gasteiger partial charge is 0.481 e. The molecule has 0 aromatic rings. The molecule has 20 heteroatoms. The Hall–Kier alpha value is -3.50. The first-order valence-electron chi connectivity index (χ1n) is 18.0. The van der Waals surface area contributed by atoms with Crippen molar-refractivity contribution in [3.05, 3.63) is 0 Å². The van der Waals surface area contributed by atoms with E-state index in [2.05, 4.69) is 18.9 Å². The highest BCUT2D eigenvalue weighted by Gasteiger charge is 2.17. The fourth-order valence-electron chi connectivity index (χ4n) is 3.81. The third-order valence-corrected chi connectivity index (χ3v) is 6.60. The Morgan fingerprint density at radius 2 is 0.537 bits per heavy atom. The van der Waals surface area contributed by atoms with Gasteiger partial charge in [0.15, 0.2) is 0 Å². The number of aliphatic carboxylic acids is 2. The molecule has 0 aliphatic rings. The number of carbonyl (C=O) groups excluding carboxylic acids is 4. The van der Waals surface area contributed by atoms with Gasteiger partial charge in [0.2, 0.25) is 25.2 Å². The lowest BCUT2D eigenvalue weighted by molar-refractivity contribution is -0.176. The number of carboxylic acids is 2. The third-order valence-electron chi connectivity index (χ3n) is 6.60. The molecule has 0 aliphatic heterocycles. The summed E-state index contributed by atoms with van der Waals surface area (Å²) < 4.78 is 18.3. The quantitative estimate of drug-likeness (QED) is 0.0196. The number of esters is 4. The molecule has 20 nitrogen and oxygen atoms in total. The van der Waals surface area contributed by atoms with Crippen molar-refractivity contribution in [1.29, 1.82) is 0 Å². The number of ether oxygens (including phenoxy) is 4. The first-order valence-corrected chi connectivity index (χ1v) is 18.0. The highest BCUT2D eigenvalue weighted by atomic mass is 16.7. The fraction of sp³-hybridized carbons (Fsp3) is 0.824. The molecule has 0 bridgehead atoms. The molecule has 0 heterocycles. The van der Waals surface area contributed by atoms with E-state index in [1.165, 1.54) is 0 Å². The number of unbranched alkanes of at least 4 members (excludes halogenated alkanes) is 5. The van der Waals surface area contributed by atoms with Gasteiger partial charge in [-0.3, -0.25) is 28.8 Å². The Kier molecular flexibility index (Phi) is 39.8. The molecule has 10 N–H and O–H groups in total. The number of aliphatic hydroxyl groups excluding tert-OH is 8. The van der Waals surface area contributed by atoms with E-state index in [0.717, 1.165) is 38.5 Å². The molecule has 0 spiro atoms. The van der Waals surface area contributed by atoms with Gasteiger partial charge in [0.25, 0.3) is 0 Å². The molecule has 0 saturated heterocycles. The van der Waals surface area contributed by atoms with Gasteiger partial charge in [0, 0.05) is 65.0 Å². The lowest BCUT2D eigenvalue weighted by Gasteiger charge is -2.12. The van der Waals surface area contributed by atoms with Crippen LogP contribution in [0.2, 0.25) is 0 Å². The zero-order valence-electron chi connectivity index (χ0n) is 30.8. The Balaban J connectivity index is -0.000000736. The molecule has 0 aliphatic carbocycles. The van der Waals surface area contributed by atoms with Crippen LogP contribution in [-0.2, 0) is 47.7 Å². The molecule has 0 saturated carbocycles. The average molecular weight is 791 g/mol. The summed E-state index contributed by atoms with van der Waals surface area (Å²) >= 11 is 0. The fourth-order valence-corrected chi connectivity index (χ4v) is 3.81. The molecule has 0 radical (unpaired) electrons. The van der Waals surface area contributed by atoms with Gasteiger partial charge < -0.3 is 70.0 Å². The van der Waals surface area contributed by atoms with E-state index >= 15 is 0 Å². The Labute approximate surface area is 314 Å². The summed E-state index contributed by atoms with van der Waals surface area (Å²) in [7, 11) is 0. The summed E-state index contributed by atoms with van der Waals surface area (Å²) in [6.07, 6.45) is 1.17. The second-order valence-corrected chi connectivity index (χ2v) is 11.7. The van der Waals surface area contributed by atoms with Crippen molar-refractivity contribution in [2.75, 3.05) is 26.4 Å². The van der Waals surface area contributed by atoms with Gasteiger partial charge in [-0.2, -0.15) is 0 Å². The molecule has 4 atom stereocenters. The van der Waals surface area contributed by atoms with Crippen molar-refractivity contribution in [3.63, 3.8) is 0 Å². The topological polar surface area (TPSA) is 342 Å². The highest BCUT2D eigenvalue weighted by Crippen LogP contribution is 2.09. The molecular formula is C34H62O20. The predicted octanol–water partition coefficient (Wildman–Crippen LogP) is 0.346. The normalized spacial score (nSPS) is 12.7. The molecular weight excluding hydrogens is 728 g/mol. The SMILES string of the molecule is O=C(CCC(=O)OC(O)CCCO)OC(O)CCCO.O=C(CCC(=O)OC(O)CCCO)OC(O)CCCO.O=C(O)CCCCCCCCC(=O)O. The summed E-state index contributed by atoms with van der Waals surface area (Å²) in [6, 6.07) is 0. The zero-order chi connectivity index (χ0) is 41.6. The summed E-state index contributed by atoms with van der Waals surface area (Å²) in [4.78, 5) is 65.2. The second kappa shape index (κ2) is 39.2. The van der Waals surface area contributed by atoms with Crippen LogP contribution in [0, 0.1) is 0 Å². The Morgan fingerprint density at radius 1 is 0.333 bits per heavy atom. The van der Waals surface area contributed by atoms with Crippen LogP contribution in [0.3, 0.4) is 0 Å². The predicted molar refractivity (Wildman–Crippen MR) is 184 cm³/mol. The van der Waals surface area contributed by atoms with Gasteiger partial charge in [-0.15, -0.1) is 0 Å². The van der Waals surface area contributed by atoms with Crippen LogP contribution < -0.4 is 0 Å². The second-order valence-electron chi connectivity index (χ2n) is 11.7. The Bertz CT molecular complexity index is 845. The molecule has 0 rings (SSSR count). The lowest BCUT2D eigenvalue weighted by Crippen LogP contribution is -2.21. The smallest absolute Gasteiger partial charge is 0.308 e. The minimum absolute atomic E-state index is 0.118. The Morgan fingerprint density at radius 3 is 0.722 bits per heavy atom.